The molecule has 0 spiro atoms. The van der Waals surface area contributed by atoms with Gasteiger partial charge in [-0.15, -0.1) is 0 Å². The molecule has 1 heterocycles. The minimum absolute atomic E-state index is 0.684. The smallest absolute Gasteiger partial charge is 0.0155 e. The van der Waals surface area contributed by atoms with Gasteiger partial charge >= 0.3 is 0 Å². The van der Waals surface area contributed by atoms with Crippen LogP contribution in [0.4, 0.5) is 0 Å². The summed E-state index contributed by atoms with van der Waals surface area (Å²) >= 11 is 4.28. The molecule has 2 heteroatoms. The van der Waals surface area contributed by atoms with Gasteiger partial charge in [0.1, 0.15) is 0 Å². The van der Waals surface area contributed by atoms with Crippen molar-refractivity contribution in [3.63, 3.8) is 0 Å². The highest BCUT2D eigenvalue weighted by atomic mass is 32.1. The number of nitrogens with zero attached hydrogens (tertiary/aromatic N) is 1. The number of thiol groups is 1. The Bertz CT molecular complexity index is 89.3. The van der Waals surface area contributed by atoms with Crippen LogP contribution in [0.1, 0.15) is 26.2 Å². The van der Waals surface area contributed by atoms with Gasteiger partial charge in [-0.1, -0.05) is 6.42 Å². The normalized spacial score (nSPS) is 24.6. The molecular weight excluding hydrogens is 142 g/mol. The summed E-state index contributed by atoms with van der Waals surface area (Å²) in [7, 11) is 0. The van der Waals surface area contributed by atoms with Crippen LogP contribution in [0.3, 0.4) is 0 Å². The van der Waals surface area contributed by atoms with E-state index >= 15 is 0 Å². The zero-order chi connectivity index (χ0) is 7.40. The third kappa shape index (κ3) is 2.17. The molecule has 0 bridgehead atoms. The van der Waals surface area contributed by atoms with Crippen molar-refractivity contribution in [2.45, 2.75) is 32.2 Å². The summed E-state index contributed by atoms with van der Waals surface area (Å²) in [5, 5.41) is 0. The number of piperidine rings is 1. The summed E-state index contributed by atoms with van der Waals surface area (Å²) in [6.07, 6.45) is 4.20. The summed E-state index contributed by atoms with van der Waals surface area (Å²) in [6.45, 7) is 4.85. The van der Waals surface area contributed by atoms with Gasteiger partial charge in [-0.05, 0) is 32.9 Å². The van der Waals surface area contributed by atoms with E-state index in [0.717, 1.165) is 5.75 Å². The fraction of sp³-hybridized carbons (Fsp3) is 1.00. The number of hydrogen-bond acceptors (Lipinski definition) is 2. The number of rotatable bonds is 2. The molecule has 10 heavy (non-hydrogen) atoms. The lowest BCUT2D eigenvalue weighted by atomic mass is 10.1. The maximum absolute atomic E-state index is 4.28. The quantitative estimate of drug-likeness (QED) is 0.601. The summed E-state index contributed by atoms with van der Waals surface area (Å²) in [4.78, 5) is 2.54. The standard InChI is InChI=1S/C8H17NS/c1-8(7-10)9-5-3-2-4-6-9/h8,10H,2-7H2,1H3. The van der Waals surface area contributed by atoms with Crippen molar-refractivity contribution in [3.8, 4) is 0 Å². The molecular formula is C8H17NS. The summed E-state index contributed by atoms with van der Waals surface area (Å²) in [5.41, 5.74) is 0. The Balaban J connectivity index is 2.24. The molecule has 0 radical (unpaired) electrons. The van der Waals surface area contributed by atoms with Gasteiger partial charge in [0.15, 0.2) is 0 Å². The van der Waals surface area contributed by atoms with E-state index in [9.17, 15) is 0 Å². The van der Waals surface area contributed by atoms with Crippen molar-refractivity contribution in [2.24, 2.45) is 0 Å². The van der Waals surface area contributed by atoms with Crippen molar-refractivity contribution < 1.29 is 0 Å². The molecule has 0 aliphatic carbocycles. The highest BCUT2D eigenvalue weighted by Crippen LogP contribution is 2.12. The number of likely N-dealkylation sites (tertiary alicyclic amines) is 1. The molecule has 0 saturated carbocycles. The van der Waals surface area contributed by atoms with Gasteiger partial charge in [0.05, 0.1) is 0 Å². The first-order valence-electron chi connectivity index (χ1n) is 4.19. The van der Waals surface area contributed by atoms with Crippen molar-refractivity contribution in [1.82, 2.24) is 4.90 Å². The number of hydrogen-bond donors (Lipinski definition) is 1. The van der Waals surface area contributed by atoms with Crippen LogP contribution in [0.25, 0.3) is 0 Å². The van der Waals surface area contributed by atoms with Crippen LogP contribution in [-0.2, 0) is 0 Å². The monoisotopic (exact) mass is 159 g/mol. The molecule has 60 valence electrons. The van der Waals surface area contributed by atoms with Crippen LogP contribution in [0, 0.1) is 0 Å². The van der Waals surface area contributed by atoms with Crippen LogP contribution >= 0.6 is 12.6 Å². The van der Waals surface area contributed by atoms with Crippen molar-refractivity contribution in [2.75, 3.05) is 18.8 Å². The lowest BCUT2D eigenvalue weighted by Crippen LogP contribution is -2.38. The van der Waals surface area contributed by atoms with Gasteiger partial charge in [-0.2, -0.15) is 12.6 Å². The topological polar surface area (TPSA) is 3.24 Å². The Labute approximate surface area is 69.2 Å². The second kappa shape index (κ2) is 4.24. The zero-order valence-electron chi connectivity index (χ0n) is 6.71. The largest absolute Gasteiger partial charge is 0.300 e. The summed E-state index contributed by atoms with van der Waals surface area (Å²) < 4.78 is 0. The highest BCUT2D eigenvalue weighted by molar-refractivity contribution is 7.80. The summed E-state index contributed by atoms with van der Waals surface area (Å²) in [6, 6.07) is 0.684. The van der Waals surface area contributed by atoms with E-state index in [1.54, 1.807) is 0 Å². The average Bonchev–Trinajstić information content (AvgIpc) is 2.05. The van der Waals surface area contributed by atoms with E-state index < -0.39 is 0 Å². The molecule has 1 atom stereocenters. The van der Waals surface area contributed by atoms with Crippen LogP contribution in [0.15, 0.2) is 0 Å². The zero-order valence-corrected chi connectivity index (χ0v) is 7.61. The van der Waals surface area contributed by atoms with E-state index in [1.165, 1.54) is 32.4 Å². The Hall–Kier alpha value is 0.310. The molecule has 1 unspecified atom stereocenters. The van der Waals surface area contributed by atoms with Gasteiger partial charge in [0.2, 0.25) is 0 Å². The second-order valence-corrected chi connectivity index (χ2v) is 3.49. The molecule has 1 fully saturated rings. The molecule has 1 rings (SSSR count). The highest BCUT2D eigenvalue weighted by Gasteiger charge is 2.14. The Morgan fingerprint density at radius 3 is 2.40 bits per heavy atom. The van der Waals surface area contributed by atoms with Crippen LogP contribution in [0.5, 0.6) is 0 Å². The first-order chi connectivity index (χ1) is 4.84. The molecule has 1 saturated heterocycles. The molecule has 1 aliphatic rings. The van der Waals surface area contributed by atoms with Crippen LogP contribution in [-0.4, -0.2) is 29.8 Å². The maximum Gasteiger partial charge on any atom is 0.0155 e. The average molecular weight is 159 g/mol. The fourth-order valence-electron chi connectivity index (χ4n) is 1.47. The van der Waals surface area contributed by atoms with Gasteiger partial charge in [-0.25, -0.2) is 0 Å². The SMILES string of the molecule is CC(CS)N1CCCCC1. The minimum atomic E-state index is 0.684. The van der Waals surface area contributed by atoms with Gasteiger partial charge < -0.3 is 0 Å². The second-order valence-electron chi connectivity index (χ2n) is 3.13. The van der Waals surface area contributed by atoms with Crippen molar-refractivity contribution in [1.29, 1.82) is 0 Å². The predicted octanol–water partition coefficient (Wildman–Crippen LogP) is 1.79. The Morgan fingerprint density at radius 2 is 1.90 bits per heavy atom. The Morgan fingerprint density at radius 1 is 1.30 bits per heavy atom. The Kier molecular flexibility index (Phi) is 3.57. The van der Waals surface area contributed by atoms with E-state index in [1.807, 2.05) is 0 Å². The lowest BCUT2D eigenvalue weighted by Gasteiger charge is -2.31. The van der Waals surface area contributed by atoms with Crippen molar-refractivity contribution >= 4 is 12.6 Å². The van der Waals surface area contributed by atoms with Gasteiger partial charge in [0.25, 0.3) is 0 Å². The van der Waals surface area contributed by atoms with Crippen LogP contribution < -0.4 is 0 Å². The lowest BCUT2D eigenvalue weighted by molar-refractivity contribution is 0.188. The van der Waals surface area contributed by atoms with Crippen LogP contribution in [0.2, 0.25) is 0 Å². The molecule has 0 aromatic rings. The molecule has 0 amide bonds. The fourth-order valence-corrected chi connectivity index (χ4v) is 1.71. The van der Waals surface area contributed by atoms with E-state index in [2.05, 4.69) is 24.5 Å². The maximum atomic E-state index is 4.28. The molecule has 1 nitrogen and oxygen atoms in total. The molecule has 0 aromatic carbocycles. The van der Waals surface area contributed by atoms with E-state index in [0.29, 0.717) is 6.04 Å². The molecule has 1 aliphatic heterocycles. The molecule has 0 N–H and O–H groups in total. The minimum Gasteiger partial charge on any atom is -0.300 e. The van der Waals surface area contributed by atoms with Gasteiger partial charge in [-0.3, -0.25) is 4.90 Å². The van der Waals surface area contributed by atoms with E-state index in [4.69, 9.17) is 0 Å². The van der Waals surface area contributed by atoms with Gasteiger partial charge in [0, 0.05) is 11.8 Å². The van der Waals surface area contributed by atoms with Crippen molar-refractivity contribution in [3.05, 3.63) is 0 Å². The predicted molar refractivity (Wildman–Crippen MR) is 48.7 cm³/mol. The first kappa shape index (κ1) is 8.41. The first-order valence-corrected chi connectivity index (χ1v) is 4.82. The molecule has 0 aromatic heterocycles. The third-order valence-corrected chi connectivity index (χ3v) is 2.81. The van der Waals surface area contributed by atoms with E-state index in [-0.39, 0.29) is 0 Å². The third-order valence-electron chi connectivity index (χ3n) is 2.28. The summed E-state index contributed by atoms with van der Waals surface area (Å²) in [5.74, 6) is 1.00.